The average molecular weight is 196 g/mol. The molecule has 1 fully saturated rings. The standard InChI is InChI=1S/C10H12O2S/c1-8-4-2-3-5-10(8)13(11)7-9-6-12-9/h2-5,9H,6-7H2,1H3. The lowest BCUT2D eigenvalue weighted by atomic mass is 10.2. The van der Waals surface area contributed by atoms with Crippen LogP contribution in [0.25, 0.3) is 0 Å². The molecule has 2 unspecified atom stereocenters. The first kappa shape index (κ1) is 8.91. The molecule has 1 aliphatic heterocycles. The van der Waals surface area contributed by atoms with Crippen molar-refractivity contribution in [1.29, 1.82) is 0 Å². The Bertz CT molecular complexity index is 331. The predicted molar refractivity (Wildman–Crippen MR) is 52.2 cm³/mol. The van der Waals surface area contributed by atoms with E-state index in [0.29, 0.717) is 5.75 Å². The molecule has 1 aromatic carbocycles. The van der Waals surface area contributed by atoms with Crippen LogP contribution in [0.2, 0.25) is 0 Å². The van der Waals surface area contributed by atoms with E-state index in [1.165, 1.54) is 0 Å². The van der Waals surface area contributed by atoms with Crippen LogP contribution in [0.4, 0.5) is 0 Å². The fourth-order valence-corrected chi connectivity index (χ4v) is 2.60. The molecule has 1 aliphatic rings. The van der Waals surface area contributed by atoms with Crippen LogP contribution in [0, 0.1) is 6.92 Å². The van der Waals surface area contributed by atoms with E-state index in [-0.39, 0.29) is 6.10 Å². The van der Waals surface area contributed by atoms with Gasteiger partial charge in [-0.25, -0.2) is 0 Å². The lowest BCUT2D eigenvalue weighted by molar-refractivity contribution is 0.424. The molecule has 70 valence electrons. The molecule has 1 saturated heterocycles. The first-order valence-corrected chi connectivity index (χ1v) is 5.65. The number of benzene rings is 1. The van der Waals surface area contributed by atoms with Gasteiger partial charge < -0.3 is 4.74 Å². The van der Waals surface area contributed by atoms with Crippen molar-refractivity contribution in [2.24, 2.45) is 0 Å². The Kier molecular flexibility index (Phi) is 2.47. The van der Waals surface area contributed by atoms with Crippen molar-refractivity contribution >= 4 is 10.8 Å². The van der Waals surface area contributed by atoms with Gasteiger partial charge in [-0.05, 0) is 18.6 Å². The lowest BCUT2D eigenvalue weighted by Crippen LogP contribution is -2.05. The van der Waals surface area contributed by atoms with E-state index in [0.717, 1.165) is 17.1 Å². The van der Waals surface area contributed by atoms with E-state index in [2.05, 4.69) is 0 Å². The number of aryl methyl sites for hydroxylation is 1. The van der Waals surface area contributed by atoms with Gasteiger partial charge in [-0.2, -0.15) is 0 Å². The molecule has 0 bridgehead atoms. The van der Waals surface area contributed by atoms with Crippen molar-refractivity contribution in [3.05, 3.63) is 29.8 Å². The average Bonchev–Trinajstić information content (AvgIpc) is 2.89. The topological polar surface area (TPSA) is 29.6 Å². The number of rotatable bonds is 3. The SMILES string of the molecule is Cc1ccccc1S(=O)CC1CO1. The summed E-state index contributed by atoms with van der Waals surface area (Å²) in [4.78, 5) is 0.943. The number of hydrogen-bond donors (Lipinski definition) is 0. The molecule has 1 aromatic rings. The van der Waals surface area contributed by atoms with Gasteiger partial charge >= 0.3 is 0 Å². The Morgan fingerprint density at radius 2 is 2.23 bits per heavy atom. The Hall–Kier alpha value is -0.670. The van der Waals surface area contributed by atoms with Crippen LogP contribution in [0.5, 0.6) is 0 Å². The molecule has 0 radical (unpaired) electrons. The zero-order chi connectivity index (χ0) is 9.26. The zero-order valence-corrected chi connectivity index (χ0v) is 8.34. The van der Waals surface area contributed by atoms with Gasteiger partial charge in [0.05, 0.1) is 29.3 Å². The molecule has 2 atom stereocenters. The van der Waals surface area contributed by atoms with Gasteiger partial charge in [-0.15, -0.1) is 0 Å². The Morgan fingerprint density at radius 1 is 1.54 bits per heavy atom. The molecule has 0 N–H and O–H groups in total. The Labute approximate surface area is 80.4 Å². The maximum atomic E-state index is 11.7. The van der Waals surface area contributed by atoms with Crippen LogP contribution < -0.4 is 0 Å². The van der Waals surface area contributed by atoms with E-state index < -0.39 is 10.8 Å². The van der Waals surface area contributed by atoms with Crippen LogP contribution in [0.15, 0.2) is 29.2 Å². The number of hydrogen-bond acceptors (Lipinski definition) is 2. The first-order chi connectivity index (χ1) is 6.27. The summed E-state index contributed by atoms with van der Waals surface area (Å²) in [6.45, 7) is 2.76. The molecule has 2 nitrogen and oxygen atoms in total. The molecule has 3 heteroatoms. The fourth-order valence-electron chi connectivity index (χ4n) is 1.23. The highest BCUT2D eigenvalue weighted by Crippen LogP contribution is 2.17. The largest absolute Gasteiger partial charge is 0.372 e. The minimum Gasteiger partial charge on any atom is -0.372 e. The molecule has 1 heterocycles. The second-order valence-corrected chi connectivity index (χ2v) is 4.70. The van der Waals surface area contributed by atoms with E-state index in [1.54, 1.807) is 0 Å². The maximum absolute atomic E-state index is 11.7. The van der Waals surface area contributed by atoms with E-state index >= 15 is 0 Å². The molecule has 0 aliphatic carbocycles. The fraction of sp³-hybridized carbons (Fsp3) is 0.400. The highest BCUT2D eigenvalue weighted by molar-refractivity contribution is 7.85. The monoisotopic (exact) mass is 196 g/mol. The van der Waals surface area contributed by atoms with Crippen LogP contribution >= 0.6 is 0 Å². The third-order valence-electron chi connectivity index (χ3n) is 2.08. The summed E-state index contributed by atoms with van der Waals surface area (Å²) in [6, 6.07) is 7.80. The van der Waals surface area contributed by atoms with Crippen LogP contribution in [0.1, 0.15) is 5.56 Å². The molecule has 2 rings (SSSR count). The second-order valence-electron chi connectivity index (χ2n) is 3.23. The van der Waals surface area contributed by atoms with Gasteiger partial charge in [-0.3, -0.25) is 4.21 Å². The van der Waals surface area contributed by atoms with E-state index in [1.807, 2.05) is 31.2 Å². The van der Waals surface area contributed by atoms with Gasteiger partial charge in [0.1, 0.15) is 0 Å². The van der Waals surface area contributed by atoms with Crippen molar-refractivity contribution in [3.63, 3.8) is 0 Å². The van der Waals surface area contributed by atoms with Crippen LogP contribution in [-0.4, -0.2) is 22.7 Å². The van der Waals surface area contributed by atoms with Gasteiger partial charge in [0.15, 0.2) is 0 Å². The molecule has 0 amide bonds. The number of ether oxygens (including phenoxy) is 1. The summed E-state index contributed by atoms with van der Waals surface area (Å²) in [7, 11) is -0.888. The summed E-state index contributed by atoms with van der Waals surface area (Å²) in [5.41, 5.74) is 1.10. The van der Waals surface area contributed by atoms with E-state index in [9.17, 15) is 4.21 Å². The first-order valence-electron chi connectivity index (χ1n) is 4.33. The minimum atomic E-state index is -0.888. The van der Waals surface area contributed by atoms with Crippen molar-refractivity contribution < 1.29 is 8.95 Å². The molecule has 0 aromatic heterocycles. The number of epoxide rings is 1. The van der Waals surface area contributed by atoms with Crippen molar-refractivity contribution in [2.75, 3.05) is 12.4 Å². The summed E-state index contributed by atoms with van der Waals surface area (Å²) >= 11 is 0. The smallest absolute Gasteiger partial charge is 0.0928 e. The third-order valence-corrected chi connectivity index (χ3v) is 3.70. The van der Waals surface area contributed by atoms with Gasteiger partial charge in [0, 0.05) is 4.90 Å². The molecule has 13 heavy (non-hydrogen) atoms. The summed E-state index contributed by atoms with van der Waals surface area (Å²) in [5.74, 6) is 0.644. The van der Waals surface area contributed by atoms with Gasteiger partial charge in [0.2, 0.25) is 0 Å². The summed E-state index contributed by atoms with van der Waals surface area (Å²) in [6.07, 6.45) is 0.237. The summed E-state index contributed by atoms with van der Waals surface area (Å²) in [5, 5.41) is 0. The molecular formula is C10H12O2S. The van der Waals surface area contributed by atoms with Crippen molar-refractivity contribution in [2.45, 2.75) is 17.9 Å². The third kappa shape index (κ3) is 2.17. The quantitative estimate of drug-likeness (QED) is 0.686. The van der Waals surface area contributed by atoms with Crippen LogP contribution in [-0.2, 0) is 15.5 Å². The van der Waals surface area contributed by atoms with Gasteiger partial charge in [-0.1, -0.05) is 18.2 Å². The van der Waals surface area contributed by atoms with Crippen molar-refractivity contribution in [3.8, 4) is 0 Å². The molecule has 0 saturated carbocycles. The van der Waals surface area contributed by atoms with E-state index in [4.69, 9.17) is 4.74 Å². The Morgan fingerprint density at radius 3 is 2.85 bits per heavy atom. The summed E-state index contributed by atoms with van der Waals surface area (Å²) < 4.78 is 16.8. The van der Waals surface area contributed by atoms with Crippen LogP contribution in [0.3, 0.4) is 0 Å². The predicted octanol–water partition coefficient (Wildman–Crippen LogP) is 1.50. The highest BCUT2D eigenvalue weighted by Gasteiger charge is 2.25. The second kappa shape index (κ2) is 3.60. The molecular weight excluding hydrogens is 184 g/mol. The molecule has 0 spiro atoms. The normalized spacial score (nSPS) is 22.7. The Balaban J connectivity index is 2.13. The zero-order valence-electron chi connectivity index (χ0n) is 7.53. The van der Waals surface area contributed by atoms with Gasteiger partial charge in [0.25, 0.3) is 0 Å². The highest BCUT2D eigenvalue weighted by atomic mass is 32.2. The minimum absolute atomic E-state index is 0.237. The maximum Gasteiger partial charge on any atom is 0.0928 e. The van der Waals surface area contributed by atoms with Crippen molar-refractivity contribution in [1.82, 2.24) is 0 Å². The lowest BCUT2D eigenvalue weighted by Gasteiger charge is -2.03.